The number of H-pyrrole nitrogens is 1. The molecular formula is C22H24N4O2S. The molecule has 0 atom stereocenters. The first-order chi connectivity index (χ1) is 13.9. The van der Waals surface area contributed by atoms with Crippen molar-refractivity contribution in [1.82, 2.24) is 9.97 Å². The lowest BCUT2D eigenvalue weighted by Crippen LogP contribution is -2.23. The fraction of sp³-hybridized carbons (Fsp3) is 0.227. The lowest BCUT2D eigenvalue weighted by molar-refractivity contribution is -0.115. The largest absolute Gasteiger partial charge is 0.378 e. The zero-order valence-corrected chi connectivity index (χ0v) is 17.5. The molecule has 0 fully saturated rings. The summed E-state index contributed by atoms with van der Waals surface area (Å²) in [5, 5.41) is 3.38. The van der Waals surface area contributed by atoms with Crippen molar-refractivity contribution in [3.05, 3.63) is 81.8 Å². The molecule has 0 radical (unpaired) electrons. The highest BCUT2D eigenvalue weighted by Gasteiger charge is 2.13. The Kier molecular flexibility index (Phi) is 6.72. The summed E-state index contributed by atoms with van der Waals surface area (Å²) < 4.78 is 0. The van der Waals surface area contributed by atoms with Gasteiger partial charge in [0.1, 0.15) is 0 Å². The van der Waals surface area contributed by atoms with Crippen LogP contribution in [-0.2, 0) is 17.0 Å². The highest BCUT2D eigenvalue weighted by atomic mass is 32.2. The predicted molar refractivity (Wildman–Crippen MR) is 119 cm³/mol. The number of benzene rings is 2. The summed E-state index contributed by atoms with van der Waals surface area (Å²) in [4.78, 5) is 34.1. The van der Waals surface area contributed by atoms with Gasteiger partial charge in [-0.15, -0.1) is 0 Å². The van der Waals surface area contributed by atoms with Crippen LogP contribution in [0.15, 0.2) is 64.5 Å². The van der Waals surface area contributed by atoms with Gasteiger partial charge in [-0.1, -0.05) is 42.1 Å². The lowest BCUT2D eigenvalue weighted by Gasteiger charge is -2.13. The quantitative estimate of drug-likeness (QED) is 0.461. The van der Waals surface area contributed by atoms with Gasteiger partial charge in [-0.25, -0.2) is 4.98 Å². The Hall–Kier alpha value is -3.06. The monoisotopic (exact) mass is 408 g/mol. The zero-order chi connectivity index (χ0) is 20.8. The summed E-state index contributed by atoms with van der Waals surface area (Å²) in [7, 11) is 3.91. The van der Waals surface area contributed by atoms with E-state index in [2.05, 4.69) is 15.3 Å². The number of aryl methyl sites for hydroxylation is 1. The average Bonchev–Trinajstić information content (AvgIpc) is 2.70. The smallest absolute Gasteiger partial charge is 0.255 e. The molecule has 2 N–H and O–H groups in total. The van der Waals surface area contributed by atoms with Crippen LogP contribution in [0.25, 0.3) is 0 Å². The van der Waals surface area contributed by atoms with Gasteiger partial charge in [-0.05, 0) is 36.8 Å². The van der Waals surface area contributed by atoms with Crippen LogP contribution in [0.1, 0.15) is 16.8 Å². The van der Waals surface area contributed by atoms with E-state index in [0.717, 1.165) is 11.3 Å². The topological polar surface area (TPSA) is 78.1 Å². The first-order valence-electron chi connectivity index (χ1n) is 9.26. The van der Waals surface area contributed by atoms with Crippen molar-refractivity contribution < 1.29 is 4.79 Å². The number of rotatable bonds is 7. The van der Waals surface area contributed by atoms with E-state index in [0.29, 0.717) is 27.9 Å². The number of aromatic nitrogens is 2. The Labute approximate surface area is 174 Å². The molecule has 0 unspecified atom stereocenters. The normalized spacial score (nSPS) is 10.6. The minimum Gasteiger partial charge on any atom is -0.378 e. The average molecular weight is 409 g/mol. The van der Waals surface area contributed by atoms with E-state index in [1.54, 1.807) is 6.92 Å². The van der Waals surface area contributed by atoms with Crippen molar-refractivity contribution in [3.63, 3.8) is 0 Å². The summed E-state index contributed by atoms with van der Waals surface area (Å²) >= 11 is 1.46. The maximum atomic E-state index is 12.5. The third-order valence-electron chi connectivity index (χ3n) is 4.42. The fourth-order valence-corrected chi connectivity index (χ4v) is 3.66. The number of hydrogen-bond donors (Lipinski definition) is 2. The van der Waals surface area contributed by atoms with Crippen molar-refractivity contribution in [2.75, 3.05) is 24.3 Å². The van der Waals surface area contributed by atoms with E-state index < -0.39 is 0 Å². The molecule has 0 bridgehead atoms. The Morgan fingerprint density at radius 3 is 2.41 bits per heavy atom. The lowest BCUT2D eigenvalue weighted by atomic mass is 10.1. The van der Waals surface area contributed by atoms with Gasteiger partial charge < -0.3 is 15.2 Å². The molecule has 1 amide bonds. The molecule has 1 heterocycles. The van der Waals surface area contributed by atoms with Gasteiger partial charge in [-0.3, -0.25) is 9.59 Å². The van der Waals surface area contributed by atoms with Crippen LogP contribution in [0.5, 0.6) is 0 Å². The second-order valence-electron chi connectivity index (χ2n) is 6.88. The van der Waals surface area contributed by atoms with Gasteiger partial charge in [0.05, 0.1) is 6.42 Å². The highest BCUT2D eigenvalue weighted by Crippen LogP contribution is 2.19. The molecular weight excluding hydrogens is 384 g/mol. The number of thioether (sulfide) groups is 1. The number of carbonyl (C=O) groups is 1. The van der Waals surface area contributed by atoms with E-state index in [1.165, 1.54) is 11.8 Å². The van der Waals surface area contributed by atoms with E-state index in [-0.39, 0.29) is 17.9 Å². The fourth-order valence-electron chi connectivity index (χ4n) is 2.80. The predicted octanol–water partition coefficient (Wildman–Crippen LogP) is 3.62. The van der Waals surface area contributed by atoms with Crippen molar-refractivity contribution >= 4 is 29.0 Å². The zero-order valence-electron chi connectivity index (χ0n) is 16.7. The van der Waals surface area contributed by atoms with E-state index in [1.807, 2.05) is 73.6 Å². The van der Waals surface area contributed by atoms with E-state index >= 15 is 0 Å². The molecule has 29 heavy (non-hydrogen) atoms. The molecule has 6 nitrogen and oxygen atoms in total. The maximum absolute atomic E-state index is 12.5. The second kappa shape index (κ2) is 9.43. The highest BCUT2D eigenvalue weighted by molar-refractivity contribution is 7.98. The molecule has 0 aliphatic carbocycles. The number of nitrogens with zero attached hydrogens (tertiary/aromatic N) is 2. The molecule has 0 saturated carbocycles. The third kappa shape index (κ3) is 5.71. The molecule has 0 saturated heterocycles. The number of amides is 1. The van der Waals surface area contributed by atoms with Gasteiger partial charge in [-0.2, -0.15) is 0 Å². The van der Waals surface area contributed by atoms with Gasteiger partial charge in [0.25, 0.3) is 5.56 Å². The van der Waals surface area contributed by atoms with Crippen molar-refractivity contribution in [2.45, 2.75) is 24.3 Å². The van der Waals surface area contributed by atoms with Crippen LogP contribution in [-0.4, -0.2) is 30.0 Å². The molecule has 0 spiro atoms. The summed E-state index contributed by atoms with van der Waals surface area (Å²) in [5.74, 6) is 0.467. The molecule has 1 aromatic heterocycles. The summed E-state index contributed by atoms with van der Waals surface area (Å²) in [6.07, 6.45) is -0.0206. The molecule has 7 heteroatoms. The maximum Gasteiger partial charge on any atom is 0.255 e. The minimum atomic E-state index is -0.272. The molecule has 2 aromatic carbocycles. The number of anilines is 2. The van der Waals surface area contributed by atoms with Crippen molar-refractivity contribution in [3.8, 4) is 0 Å². The van der Waals surface area contributed by atoms with Gasteiger partial charge in [0.2, 0.25) is 5.91 Å². The Balaban J connectivity index is 1.64. The second-order valence-corrected chi connectivity index (χ2v) is 7.84. The van der Waals surface area contributed by atoms with Crippen molar-refractivity contribution in [1.29, 1.82) is 0 Å². The SMILES string of the molecule is Cc1nc(SCc2ccccc2)[nH]c(=O)c1CC(=O)Nc1ccc(N(C)C)cc1. The number of carbonyl (C=O) groups excluding carboxylic acids is 1. The summed E-state index contributed by atoms with van der Waals surface area (Å²) in [5.41, 5.74) is 3.58. The number of aromatic amines is 1. The van der Waals surface area contributed by atoms with E-state index in [4.69, 9.17) is 0 Å². The molecule has 150 valence electrons. The molecule has 3 aromatic rings. The summed E-state index contributed by atoms with van der Waals surface area (Å²) in [6.45, 7) is 1.76. The van der Waals surface area contributed by atoms with Crippen LogP contribution in [0, 0.1) is 6.92 Å². The summed E-state index contributed by atoms with van der Waals surface area (Å²) in [6, 6.07) is 17.5. The first kappa shape index (κ1) is 20.7. The Bertz CT molecular complexity index is 1030. The Morgan fingerprint density at radius 2 is 1.79 bits per heavy atom. The minimum absolute atomic E-state index is 0.0206. The third-order valence-corrected chi connectivity index (χ3v) is 5.37. The van der Waals surface area contributed by atoms with Crippen molar-refractivity contribution in [2.24, 2.45) is 0 Å². The molecule has 3 rings (SSSR count). The van der Waals surface area contributed by atoms with Crippen LogP contribution < -0.4 is 15.8 Å². The van der Waals surface area contributed by atoms with Gasteiger partial charge in [0, 0.05) is 42.5 Å². The van der Waals surface area contributed by atoms with Crippen LogP contribution >= 0.6 is 11.8 Å². The Morgan fingerprint density at radius 1 is 1.10 bits per heavy atom. The van der Waals surface area contributed by atoms with Gasteiger partial charge >= 0.3 is 0 Å². The van der Waals surface area contributed by atoms with Crippen LogP contribution in [0.3, 0.4) is 0 Å². The van der Waals surface area contributed by atoms with E-state index in [9.17, 15) is 9.59 Å². The number of hydrogen-bond acceptors (Lipinski definition) is 5. The first-order valence-corrected chi connectivity index (χ1v) is 10.2. The molecule has 0 aliphatic heterocycles. The standard InChI is InChI=1S/C22H24N4O2S/c1-15-19(13-20(27)24-17-9-11-18(12-10-17)26(2)3)21(28)25-22(23-15)29-14-16-7-5-4-6-8-16/h4-12H,13-14H2,1-3H3,(H,24,27)(H,23,25,28). The van der Waals surface area contributed by atoms with Crippen LogP contribution in [0.4, 0.5) is 11.4 Å². The van der Waals surface area contributed by atoms with Crippen LogP contribution in [0.2, 0.25) is 0 Å². The molecule has 0 aliphatic rings. The van der Waals surface area contributed by atoms with Gasteiger partial charge in [0.15, 0.2) is 5.16 Å². The number of nitrogens with one attached hydrogen (secondary N) is 2.